The van der Waals surface area contributed by atoms with Crippen LogP contribution in [0.2, 0.25) is 0 Å². The third-order valence-electron chi connectivity index (χ3n) is 4.36. The number of nitrogens with zero attached hydrogens (tertiary/aromatic N) is 2. The standard InChI is InChI=1S/C20H20N2O3/c1-5-22-17-11-14(23-2)7-8-15(17)16(12-21)20(22)13-6-9-18(24-3)19(10-13)25-4/h6-11H,5H2,1-4H3. The van der Waals surface area contributed by atoms with Gasteiger partial charge in [-0.2, -0.15) is 5.26 Å². The minimum Gasteiger partial charge on any atom is -0.497 e. The molecular weight excluding hydrogens is 316 g/mol. The maximum absolute atomic E-state index is 9.79. The van der Waals surface area contributed by atoms with Crippen molar-refractivity contribution in [3.63, 3.8) is 0 Å². The molecule has 0 radical (unpaired) electrons. The first kappa shape index (κ1) is 16.7. The molecule has 0 aliphatic heterocycles. The van der Waals surface area contributed by atoms with E-state index in [1.807, 2.05) is 36.4 Å². The maximum Gasteiger partial charge on any atom is 0.161 e. The quantitative estimate of drug-likeness (QED) is 0.700. The molecule has 1 heterocycles. The summed E-state index contributed by atoms with van der Waals surface area (Å²) in [5.74, 6) is 2.06. The van der Waals surface area contributed by atoms with Crippen LogP contribution < -0.4 is 14.2 Å². The second kappa shape index (κ2) is 6.78. The molecule has 3 aromatic rings. The zero-order chi connectivity index (χ0) is 18.0. The van der Waals surface area contributed by atoms with Crippen LogP contribution in [0.15, 0.2) is 36.4 Å². The topological polar surface area (TPSA) is 56.4 Å². The lowest BCUT2D eigenvalue weighted by Gasteiger charge is -2.12. The number of hydrogen-bond acceptors (Lipinski definition) is 4. The zero-order valence-electron chi connectivity index (χ0n) is 14.8. The summed E-state index contributed by atoms with van der Waals surface area (Å²) in [6.07, 6.45) is 0. The molecule has 1 aromatic heterocycles. The summed E-state index contributed by atoms with van der Waals surface area (Å²) in [4.78, 5) is 0. The van der Waals surface area contributed by atoms with Gasteiger partial charge in [0.25, 0.3) is 0 Å². The van der Waals surface area contributed by atoms with Crippen molar-refractivity contribution in [2.24, 2.45) is 0 Å². The highest BCUT2D eigenvalue weighted by molar-refractivity contribution is 5.95. The van der Waals surface area contributed by atoms with Gasteiger partial charge in [-0.05, 0) is 37.3 Å². The second-order valence-electron chi connectivity index (χ2n) is 5.53. The Morgan fingerprint density at radius 1 is 0.960 bits per heavy atom. The molecule has 0 bridgehead atoms. The lowest BCUT2D eigenvalue weighted by atomic mass is 10.1. The average Bonchev–Trinajstić information content (AvgIpc) is 2.99. The normalized spacial score (nSPS) is 10.5. The van der Waals surface area contributed by atoms with E-state index in [0.29, 0.717) is 17.1 Å². The number of benzene rings is 2. The predicted molar refractivity (Wildman–Crippen MR) is 97.4 cm³/mol. The third-order valence-corrected chi connectivity index (χ3v) is 4.36. The van der Waals surface area contributed by atoms with E-state index in [2.05, 4.69) is 17.6 Å². The van der Waals surface area contributed by atoms with Crippen LogP contribution in [0.3, 0.4) is 0 Å². The maximum atomic E-state index is 9.79. The number of aromatic nitrogens is 1. The highest BCUT2D eigenvalue weighted by Crippen LogP contribution is 2.38. The van der Waals surface area contributed by atoms with E-state index in [-0.39, 0.29) is 0 Å². The minimum absolute atomic E-state index is 0.634. The van der Waals surface area contributed by atoms with Crippen LogP contribution in [-0.4, -0.2) is 25.9 Å². The molecule has 0 N–H and O–H groups in total. The van der Waals surface area contributed by atoms with E-state index in [1.165, 1.54) is 0 Å². The molecule has 0 atom stereocenters. The first-order valence-corrected chi connectivity index (χ1v) is 8.01. The summed E-state index contributed by atoms with van der Waals surface area (Å²) < 4.78 is 18.2. The fraction of sp³-hybridized carbons (Fsp3) is 0.250. The summed E-state index contributed by atoms with van der Waals surface area (Å²) >= 11 is 0. The lowest BCUT2D eigenvalue weighted by Crippen LogP contribution is -1.99. The fourth-order valence-corrected chi connectivity index (χ4v) is 3.18. The van der Waals surface area contributed by atoms with Gasteiger partial charge in [-0.25, -0.2) is 0 Å². The van der Waals surface area contributed by atoms with Crippen molar-refractivity contribution in [2.45, 2.75) is 13.5 Å². The van der Waals surface area contributed by atoms with Crippen LogP contribution >= 0.6 is 0 Å². The van der Waals surface area contributed by atoms with Crippen LogP contribution in [0.1, 0.15) is 12.5 Å². The Morgan fingerprint density at radius 3 is 2.32 bits per heavy atom. The van der Waals surface area contributed by atoms with E-state index in [4.69, 9.17) is 14.2 Å². The monoisotopic (exact) mass is 336 g/mol. The van der Waals surface area contributed by atoms with Crippen LogP contribution in [0.4, 0.5) is 0 Å². The Hall–Kier alpha value is -3.13. The Balaban J connectivity index is 2.34. The Kier molecular flexibility index (Phi) is 4.53. The minimum atomic E-state index is 0.634. The predicted octanol–water partition coefficient (Wildman–Crippen LogP) is 4.23. The molecular formula is C20H20N2O3. The van der Waals surface area contributed by atoms with Crippen LogP contribution in [0, 0.1) is 11.3 Å². The first-order valence-electron chi connectivity index (χ1n) is 8.01. The number of nitriles is 1. The smallest absolute Gasteiger partial charge is 0.161 e. The number of rotatable bonds is 5. The number of methoxy groups -OCH3 is 3. The Bertz CT molecular complexity index is 967. The van der Waals surface area contributed by atoms with Gasteiger partial charge in [0.05, 0.1) is 38.1 Å². The van der Waals surface area contributed by atoms with Crippen molar-refractivity contribution in [3.8, 4) is 34.6 Å². The van der Waals surface area contributed by atoms with Gasteiger partial charge in [-0.15, -0.1) is 0 Å². The molecule has 0 amide bonds. The molecule has 0 aliphatic carbocycles. The Morgan fingerprint density at radius 2 is 1.72 bits per heavy atom. The van der Waals surface area contributed by atoms with Gasteiger partial charge in [-0.1, -0.05) is 0 Å². The van der Waals surface area contributed by atoms with Crippen molar-refractivity contribution in [1.29, 1.82) is 5.26 Å². The molecule has 128 valence electrons. The summed E-state index contributed by atoms with van der Waals surface area (Å²) in [5, 5.41) is 10.7. The SMILES string of the molecule is CCn1c(-c2ccc(OC)c(OC)c2)c(C#N)c2ccc(OC)cc21. The number of fused-ring (bicyclic) bond motifs is 1. The van der Waals surface area contributed by atoms with Gasteiger partial charge in [0, 0.05) is 23.6 Å². The van der Waals surface area contributed by atoms with Crippen molar-refractivity contribution in [2.75, 3.05) is 21.3 Å². The molecule has 3 rings (SSSR count). The van der Waals surface area contributed by atoms with Gasteiger partial charge < -0.3 is 18.8 Å². The molecule has 2 aromatic carbocycles. The van der Waals surface area contributed by atoms with Gasteiger partial charge >= 0.3 is 0 Å². The number of aryl methyl sites for hydroxylation is 1. The van der Waals surface area contributed by atoms with Crippen LogP contribution in [0.5, 0.6) is 17.2 Å². The van der Waals surface area contributed by atoms with Gasteiger partial charge in [-0.3, -0.25) is 0 Å². The van der Waals surface area contributed by atoms with E-state index in [9.17, 15) is 5.26 Å². The van der Waals surface area contributed by atoms with Gasteiger partial charge in [0.15, 0.2) is 11.5 Å². The highest BCUT2D eigenvalue weighted by Gasteiger charge is 2.19. The summed E-state index contributed by atoms with van der Waals surface area (Å²) in [6.45, 7) is 2.79. The van der Waals surface area contributed by atoms with Crippen LogP contribution in [0.25, 0.3) is 22.2 Å². The zero-order valence-corrected chi connectivity index (χ0v) is 14.8. The van der Waals surface area contributed by atoms with Gasteiger partial charge in [0.1, 0.15) is 11.8 Å². The second-order valence-corrected chi connectivity index (χ2v) is 5.53. The average molecular weight is 336 g/mol. The molecule has 0 fully saturated rings. The van der Waals surface area contributed by atoms with Gasteiger partial charge in [0.2, 0.25) is 0 Å². The van der Waals surface area contributed by atoms with Crippen molar-refractivity contribution < 1.29 is 14.2 Å². The fourth-order valence-electron chi connectivity index (χ4n) is 3.18. The molecule has 0 saturated heterocycles. The van der Waals surface area contributed by atoms with Crippen molar-refractivity contribution in [3.05, 3.63) is 42.0 Å². The van der Waals surface area contributed by atoms with Crippen LogP contribution in [-0.2, 0) is 6.54 Å². The van der Waals surface area contributed by atoms with Crippen molar-refractivity contribution >= 4 is 10.9 Å². The number of ether oxygens (including phenoxy) is 3. The largest absolute Gasteiger partial charge is 0.497 e. The van der Waals surface area contributed by atoms with E-state index in [1.54, 1.807) is 21.3 Å². The molecule has 0 spiro atoms. The van der Waals surface area contributed by atoms with E-state index < -0.39 is 0 Å². The summed E-state index contributed by atoms with van der Waals surface area (Å²) in [7, 11) is 4.85. The number of hydrogen-bond donors (Lipinski definition) is 0. The lowest BCUT2D eigenvalue weighted by molar-refractivity contribution is 0.355. The molecule has 0 unspecified atom stereocenters. The molecule has 0 aliphatic rings. The molecule has 25 heavy (non-hydrogen) atoms. The first-order chi connectivity index (χ1) is 12.2. The molecule has 5 nitrogen and oxygen atoms in total. The summed E-state index contributed by atoms with van der Waals surface area (Å²) in [6, 6.07) is 13.8. The molecule has 0 saturated carbocycles. The third kappa shape index (κ3) is 2.66. The molecule has 5 heteroatoms. The highest BCUT2D eigenvalue weighted by atomic mass is 16.5. The van der Waals surface area contributed by atoms with E-state index in [0.717, 1.165) is 34.5 Å². The van der Waals surface area contributed by atoms with Crippen molar-refractivity contribution in [1.82, 2.24) is 4.57 Å². The van der Waals surface area contributed by atoms with E-state index >= 15 is 0 Å². The summed E-state index contributed by atoms with van der Waals surface area (Å²) in [5.41, 5.74) is 3.40. The Labute approximate surface area is 147 Å².